The number of hydrogen-bond acceptors (Lipinski definition) is 7. The van der Waals surface area contributed by atoms with Crippen LogP contribution < -0.4 is 10.1 Å². The molecule has 2 aromatic rings. The average molecular weight is 403 g/mol. The zero-order valence-electron chi connectivity index (χ0n) is 16.1. The molecule has 150 valence electrons. The van der Waals surface area contributed by atoms with Gasteiger partial charge in [0.2, 0.25) is 0 Å². The van der Waals surface area contributed by atoms with Crippen molar-refractivity contribution in [2.45, 2.75) is 19.5 Å². The van der Waals surface area contributed by atoms with Crippen molar-refractivity contribution in [2.75, 3.05) is 51.8 Å². The minimum Gasteiger partial charge on any atom is -0.484 e. The number of anilines is 1. The Hall–Kier alpha value is -2.00. The SMILES string of the molecule is CN1CCc2nc(NC(=O)COc3ccc(CN4CCOCC4)cc3)sc2C1. The van der Waals surface area contributed by atoms with Crippen LogP contribution in [0.15, 0.2) is 24.3 Å². The van der Waals surface area contributed by atoms with Gasteiger partial charge in [-0.15, -0.1) is 11.3 Å². The number of aromatic nitrogens is 1. The first kappa shape index (κ1) is 19.3. The number of nitrogens with one attached hydrogen (secondary N) is 1. The molecule has 1 aromatic heterocycles. The Morgan fingerprint density at radius 2 is 2.04 bits per heavy atom. The van der Waals surface area contributed by atoms with E-state index < -0.39 is 0 Å². The predicted molar refractivity (Wildman–Crippen MR) is 109 cm³/mol. The summed E-state index contributed by atoms with van der Waals surface area (Å²) in [6, 6.07) is 7.93. The maximum atomic E-state index is 12.2. The van der Waals surface area contributed by atoms with E-state index in [1.54, 1.807) is 11.3 Å². The summed E-state index contributed by atoms with van der Waals surface area (Å²) in [4.78, 5) is 22.6. The van der Waals surface area contributed by atoms with Crippen LogP contribution in [0.5, 0.6) is 5.75 Å². The van der Waals surface area contributed by atoms with Gasteiger partial charge < -0.3 is 14.4 Å². The Balaban J connectivity index is 1.24. The number of likely N-dealkylation sites (N-methyl/N-ethyl adjacent to an activating group) is 1. The van der Waals surface area contributed by atoms with E-state index in [1.165, 1.54) is 10.4 Å². The molecule has 0 unspecified atom stereocenters. The number of rotatable bonds is 6. The molecule has 1 saturated heterocycles. The monoisotopic (exact) mass is 402 g/mol. The summed E-state index contributed by atoms with van der Waals surface area (Å²) < 4.78 is 11.0. The summed E-state index contributed by atoms with van der Waals surface area (Å²) in [6.07, 6.45) is 0.936. The third kappa shape index (κ3) is 5.08. The number of nitrogens with zero attached hydrogens (tertiary/aromatic N) is 3. The fraction of sp³-hybridized carbons (Fsp3) is 0.500. The lowest BCUT2D eigenvalue weighted by Crippen LogP contribution is -2.35. The highest BCUT2D eigenvalue weighted by Crippen LogP contribution is 2.27. The van der Waals surface area contributed by atoms with E-state index in [0.717, 1.165) is 58.1 Å². The summed E-state index contributed by atoms with van der Waals surface area (Å²) in [5.41, 5.74) is 2.34. The van der Waals surface area contributed by atoms with Gasteiger partial charge in [-0.05, 0) is 24.7 Å². The van der Waals surface area contributed by atoms with Crippen LogP contribution in [0.4, 0.5) is 5.13 Å². The Labute approximate surface area is 169 Å². The first-order valence-electron chi connectivity index (χ1n) is 9.64. The minimum atomic E-state index is -0.183. The number of benzene rings is 1. The number of carbonyl (C=O) groups excluding carboxylic acids is 1. The molecule has 2 aliphatic heterocycles. The summed E-state index contributed by atoms with van der Waals surface area (Å²) in [5, 5.41) is 3.52. The van der Waals surface area contributed by atoms with Crippen molar-refractivity contribution in [3.63, 3.8) is 0 Å². The summed E-state index contributed by atoms with van der Waals surface area (Å²) >= 11 is 1.55. The summed E-state index contributed by atoms with van der Waals surface area (Å²) in [5.74, 6) is 0.512. The zero-order valence-corrected chi connectivity index (χ0v) is 17.0. The highest BCUT2D eigenvalue weighted by atomic mass is 32.1. The second-order valence-corrected chi connectivity index (χ2v) is 8.33. The van der Waals surface area contributed by atoms with Crippen molar-refractivity contribution in [3.05, 3.63) is 40.4 Å². The number of morpholine rings is 1. The van der Waals surface area contributed by atoms with Crippen molar-refractivity contribution in [1.82, 2.24) is 14.8 Å². The molecule has 0 aliphatic carbocycles. The Kier molecular flexibility index (Phi) is 6.21. The highest BCUT2D eigenvalue weighted by molar-refractivity contribution is 7.15. The molecule has 2 aliphatic rings. The van der Waals surface area contributed by atoms with Gasteiger partial charge in [-0.1, -0.05) is 12.1 Å². The molecule has 0 spiro atoms. The van der Waals surface area contributed by atoms with Crippen LogP contribution in [-0.4, -0.2) is 67.2 Å². The number of fused-ring (bicyclic) bond motifs is 1. The number of carbonyl (C=O) groups is 1. The van der Waals surface area contributed by atoms with Crippen LogP contribution in [0.25, 0.3) is 0 Å². The average Bonchev–Trinajstić information content (AvgIpc) is 3.09. The van der Waals surface area contributed by atoms with Crippen molar-refractivity contribution < 1.29 is 14.3 Å². The van der Waals surface area contributed by atoms with Gasteiger partial charge in [0, 0.05) is 44.0 Å². The van der Waals surface area contributed by atoms with Gasteiger partial charge in [0.1, 0.15) is 5.75 Å². The van der Waals surface area contributed by atoms with E-state index in [0.29, 0.717) is 10.9 Å². The van der Waals surface area contributed by atoms with Crippen LogP contribution in [-0.2, 0) is 29.0 Å². The van der Waals surface area contributed by atoms with Crippen molar-refractivity contribution in [2.24, 2.45) is 0 Å². The third-order valence-electron chi connectivity index (χ3n) is 4.97. The first-order valence-corrected chi connectivity index (χ1v) is 10.5. The molecule has 0 atom stereocenters. The van der Waals surface area contributed by atoms with Crippen LogP contribution >= 0.6 is 11.3 Å². The van der Waals surface area contributed by atoms with Gasteiger partial charge in [-0.25, -0.2) is 4.98 Å². The maximum absolute atomic E-state index is 12.2. The molecular weight excluding hydrogens is 376 g/mol. The van der Waals surface area contributed by atoms with Gasteiger partial charge >= 0.3 is 0 Å². The van der Waals surface area contributed by atoms with Crippen molar-refractivity contribution in [1.29, 1.82) is 0 Å². The fourth-order valence-corrected chi connectivity index (χ4v) is 4.49. The number of ether oxygens (including phenoxy) is 2. The normalized spacial score (nSPS) is 17.9. The Morgan fingerprint density at radius 3 is 2.82 bits per heavy atom. The molecule has 28 heavy (non-hydrogen) atoms. The van der Waals surface area contributed by atoms with E-state index in [1.807, 2.05) is 24.3 Å². The predicted octanol–water partition coefficient (Wildman–Crippen LogP) is 1.98. The fourth-order valence-electron chi connectivity index (χ4n) is 3.39. The second kappa shape index (κ2) is 9.00. The lowest BCUT2D eigenvalue weighted by atomic mass is 10.2. The Bertz CT molecular complexity index is 802. The maximum Gasteiger partial charge on any atom is 0.264 e. The summed E-state index contributed by atoms with van der Waals surface area (Å²) in [6.45, 7) is 6.33. The first-order chi connectivity index (χ1) is 13.7. The molecule has 4 rings (SSSR count). The van der Waals surface area contributed by atoms with Gasteiger partial charge in [-0.3, -0.25) is 15.0 Å². The molecule has 1 N–H and O–H groups in total. The van der Waals surface area contributed by atoms with E-state index in [-0.39, 0.29) is 12.5 Å². The van der Waals surface area contributed by atoms with E-state index >= 15 is 0 Å². The molecule has 1 fully saturated rings. The number of hydrogen-bond donors (Lipinski definition) is 1. The zero-order chi connectivity index (χ0) is 19.3. The molecule has 0 bridgehead atoms. The van der Waals surface area contributed by atoms with Gasteiger partial charge in [0.05, 0.1) is 18.9 Å². The molecule has 7 nitrogen and oxygen atoms in total. The summed E-state index contributed by atoms with van der Waals surface area (Å²) in [7, 11) is 2.10. The van der Waals surface area contributed by atoms with Crippen molar-refractivity contribution >= 4 is 22.4 Å². The third-order valence-corrected chi connectivity index (χ3v) is 5.97. The van der Waals surface area contributed by atoms with E-state index in [4.69, 9.17) is 9.47 Å². The van der Waals surface area contributed by atoms with Crippen LogP contribution in [0.1, 0.15) is 16.1 Å². The standard InChI is InChI=1S/C20H26N4O3S/c1-23-7-6-17-18(13-23)28-20(21-17)22-19(25)14-27-16-4-2-15(3-5-16)12-24-8-10-26-11-9-24/h2-5H,6-14H2,1H3,(H,21,22,25). The minimum absolute atomic E-state index is 0.0209. The topological polar surface area (TPSA) is 66.9 Å². The lowest BCUT2D eigenvalue weighted by Gasteiger charge is -2.26. The molecule has 1 aromatic carbocycles. The molecule has 3 heterocycles. The lowest BCUT2D eigenvalue weighted by molar-refractivity contribution is -0.118. The van der Waals surface area contributed by atoms with Crippen LogP contribution in [0, 0.1) is 0 Å². The number of amides is 1. The second-order valence-electron chi connectivity index (χ2n) is 7.25. The molecule has 1 amide bonds. The molecule has 0 radical (unpaired) electrons. The molecule has 8 heteroatoms. The molecule has 0 saturated carbocycles. The van der Waals surface area contributed by atoms with Gasteiger partial charge in [0.25, 0.3) is 5.91 Å². The quantitative estimate of drug-likeness (QED) is 0.797. The van der Waals surface area contributed by atoms with Gasteiger partial charge in [-0.2, -0.15) is 0 Å². The van der Waals surface area contributed by atoms with Crippen molar-refractivity contribution in [3.8, 4) is 5.75 Å². The highest BCUT2D eigenvalue weighted by Gasteiger charge is 2.19. The molecular formula is C20H26N4O3S. The van der Waals surface area contributed by atoms with E-state index in [2.05, 4.69) is 27.1 Å². The Morgan fingerprint density at radius 1 is 1.25 bits per heavy atom. The van der Waals surface area contributed by atoms with Crippen LogP contribution in [0.3, 0.4) is 0 Å². The van der Waals surface area contributed by atoms with E-state index in [9.17, 15) is 4.79 Å². The largest absolute Gasteiger partial charge is 0.484 e. The smallest absolute Gasteiger partial charge is 0.264 e. The number of thiazole rings is 1. The van der Waals surface area contributed by atoms with Crippen LogP contribution in [0.2, 0.25) is 0 Å². The van der Waals surface area contributed by atoms with Gasteiger partial charge in [0.15, 0.2) is 11.7 Å².